The minimum atomic E-state index is -3.43. The summed E-state index contributed by atoms with van der Waals surface area (Å²) in [5, 5.41) is 5.97. The van der Waals surface area contributed by atoms with E-state index in [1.165, 1.54) is 11.9 Å². The van der Waals surface area contributed by atoms with E-state index >= 15 is 0 Å². The average Bonchev–Trinajstić information content (AvgIpc) is 2.99. The van der Waals surface area contributed by atoms with Gasteiger partial charge in [0.05, 0.1) is 23.7 Å². The molecule has 0 unspecified atom stereocenters. The summed E-state index contributed by atoms with van der Waals surface area (Å²) in [6.07, 6.45) is 1.63. The molecule has 0 spiro atoms. The highest BCUT2D eigenvalue weighted by Crippen LogP contribution is 2.37. The molecule has 3 rings (SSSR count). The minimum absolute atomic E-state index is 0.187. The normalized spacial score (nSPS) is 17.1. The molecule has 0 aliphatic carbocycles. The lowest BCUT2D eigenvalue weighted by Gasteiger charge is -2.23. The first-order valence-electron chi connectivity index (χ1n) is 8.26. The van der Waals surface area contributed by atoms with Crippen LogP contribution in [0.15, 0.2) is 53.6 Å². The standard InChI is InChI=1S/C19H21N3O3S/c1-13-8-4-5-9-15(13)18-12-19(22(20-18)14(2)23)16-10-6-7-11-17(16)21-26(3,24)25/h4-11,19,21H,12H2,1-3H3/t19-/m1/s1. The fraction of sp³-hybridized carbons (Fsp3) is 0.263. The molecule has 1 heterocycles. The van der Waals surface area contributed by atoms with E-state index in [-0.39, 0.29) is 11.9 Å². The molecule has 2 aromatic rings. The van der Waals surface area contributed by atoms with Gasteiger partial charge in [-0.15, -0.1) is 0 Å². The number of sulfonamides is 1. The van der Waals surface area contributed by atoms with Gasteiger partial charge in [0.15, 0.2) is 0 Å². The molecule has 0 bridgehead atoms. The Morgan fingerprint density at radius 1 is 1.15 bits per heavy atom. The molecule has 1 amide bonds. The third kappa shape index (κ3) is 3.77. The van der Waals surface area contributed by atoms with Crippen LogP contribution in [0.2, 0.25) is 0 Å². The van der Waals surface area contributed by atoms with E-state index in [1.807, 2.05) is 43.3 Å². The number of benzene rings is 2. The molecular weight excluding hydrogens is 350 g/mol. The minimum Gasteiger partial charge on any atom is -0.283 e. The van der Waals surface area contributed by atoms with Gasteiger partial charge in [0, 0.05) is 24.5 Å². The zero-order valence-corrected chi connectivity index (χ0v) is 15.7. The number of anilines is 1. The van der Waals surface area contributed by atoms with Crippen molar-refractivity contribution in [3.05, 3.63) is 65.2 Å². The zero-order chi connectivity index (χ0) is 18.9. The highest BCUT2D eigenvalue weighted by Gasteiger charge is 2.33. The van der Waals surface area contributed by atoms with Gasteiger partial charge in [-0.25, -0.2) is 13.4 Å². The number of carbonyl (C=O) groups is 1. The molecule has 0 radical (unpaired) electrons. The van der Waals surface area contributed by atoms with Gasteiger partial charge in [-0.1, -0.05) is 42.5 Å². The summed E-state index contributed by atoms with van der Waals surface area (Å²) < 4.78 is 25.9. The molecular formula is C19H21N3O3S. The summed E-state index contributed by atoms with van der Waals surface area (Å²) >= 11 is 0. The Hall–Kier alpha value is -2.67. The fourth-order valence-electron chi connectivity index (χ4n) is 3.18. The van der Waals surface area contributed by atoms with Crippen molar-refractivity contribution in [3.8, 4) is 0 Å². The number of hydrogen-bond acceptors (Lipinski definition) is 4. The second-order valence-corrected chi connectivity index (χ2v) is 8.16. The lowest BCUT2D eigenvalue weighted by molar-refractivity contribution is -0.130. The number of nitrogens with zero attached hydrogens (tertiary/aromatic N) is 2. The molecule has 1 N–H and O–H groups in total. The second kappa shape index (κ2) is 6.92. The summed E-state index contributed by atoms with van der Waals surface area (Å²) in [4.78, 5) is 12.2. The number of rotatable bonds is 4. The molecule has 2 aromatic carbocycles. The zero-order valence-electron chi connectivity index (χ0n) is 14.9. The van der Waals surface area contributed by atoms with E-state index in [9.17, 15) is 13.2 Å². The van der Waals surface area contributed by atoms with E-state index in [0.29, 0.717) is 12.1 Å². The van der Waals surface area contributed by atoms with Gasteiger partial charge in [-0.3, -0.25) is 9.52 Å². The number of hydrogen-bond donors (Lipinski definition) is 1. The number of hydrazone groups is 1. The van der Waals surface area contributed by atoms with Crippen LogP contribution < -0.4 is 4.72 Å². The molecule has 1 aliphatic heterocycles. The monoisotopic (exact) mass is 371 g/mol. The Labute approximate surface area is 153 Å². The first-order chi connectivity index (χ1) is 12.3. The largest absolute Gasteiger partial charge is 0.283 e. The van der Waals surface area contributed by atoms with Crippen LogP contribution in [0, 0.1) is 6.92 Å². The summed E-state index contributed by atoms with van der Waals surface area (Å²) in [6, 6.07) is 14.6. The smallest absolute Gasteiger partial charge is 0.240 e. The number of para-hydroxylation sites is 1. The van der Waals surface area contributed by atoms with Crippen LogP contribution in [0.4, 0.5) is 5.69 Å². The predicted octanol–water partition coefficient (Wildman–Crippen LogP) is 3.06. The van der Waals surface area contributed by atoms with E-state index in [2.05, 4.69) is 9.82 Å². The highest BCUT2D eigenvalue weighted by atomic mass is 32.2. The van der Waals surface area contributed by atoms with E-state index in [0.717, 1.165) is 28.7 Å². The Balaban J connectivity index is 2.02. The summed E-state index contributed by atoms with van der Waals surface area (Å²) in [5.74, 6) is -0.187. The average molecular weight is 371 g/mol. The van der Waals surface area contributed by atoms with Gasteiger partial charge in [-0.05, 0) is 18.6 Å². The van der Waals surface area contributed by atoms with Crippen molar-refractivity contribution in [3.63, 3.8) is 0 Å². The molecule has 0 fully saturated rings. The van der Waals surface area contributed by atoms with Crippen LogP contribution in [0.5, 0.6) is 0 Å². The van der Waals surface area contributed by atoms with Crippen LogP contribution >= 0.6 is 0 Å². The van der Waals surface area contributed by atoms with Crippen LogP contribution in [-0.2, 0) is 14.8 Å². The van der Waals surface area contributed by atoms with Gasteiger partial charge in [0.1, 0.15) is 0 Å². The van der Waals surface area contributed by atoms with E-state index < -0.39 is 10.0 Å². The van der Waals surface area contributed by atoms with Crippen molar-refractivity contribution in [1.82, 2.24) is 5.01 Å². The lowest BCUT2D eigenvalue weighted by Crippen LogP contribution is -2.25. The molecule has 1 aliphatic rings. The van der Waals surface area contributed by atoms with Gasteiger partial charge in [-0.2, -0.15) is 5.10 Å². The van der Waals surface area contributed by atoms with Crippen molar-refractivity contribution in [2.75, 3.05) is 11.0 Å². The summed E-state index contributed by atoms with van der Waals surface area (Å²) in [6.45, 7) is 3.46. The van der Waals surface area contributed by atoms with Crippen molar-refractivity contribution in [1.29, 1.82) is 0 Å². The molecule has 136 valence electrons. The SMILES string of the molecule is CC(=O)N1N=C(c2ccccc2C)C[C@@H]1c1ccccc1NS(C)(=O)=O. The Morgan fingerprint density at radius 2 is 1.81 bits per heavy atom. The maximum atomic E-state index is 12.2. The first kappa shape index (κ1) is 18.1. The lowest BCUT2D eigenvalue weighted by atomic mass is 9.95. The topological polar surface area (TPSA) is 78.8 Å². The van der Waals surface area contributed by atoms with Crippen molar-refractivity contribution in [2.24, 2.45) is 5.10 Å². The van der Waals surface area contributed by atoms with Gasteiger partial charge < -0.3 is 0 Å². The van der Waals surface area contributed by atoms with Crippen molar-refractivity contribution >= 4 is 27.3 Å². The Kier molecular flexibility index (Phi) is 4.82. The van der Waals surface area contributed by atoms with Crippen LogP contribution in [0.1, 0.15) is 36.1 Å². The predicted molar refractivity (Wildman–Crippen MR) is 103 cm³/mol. The number of nitrogens with one attached hydrogen (secondary N) is 1. The number of amides is 1. The van der Waals surface area contributed by atoms with Gasteiger partial charge >= 0.3 is 0 Å². The second-order valence-electron chi connectivity index (χ2n) is 6.41. The fourth-order valence-corrected chi connectivity index (χ4v) is 3.77. The molecule has 1 atom stereocenters. The Morgan fingerprint density at radius 3 is 2.46 bits per heavy atom. The Bertz CT molecular complexity index is 983. The molecule has 0 aromatic heterocycles. The third-order valence-electron chi connectivity index (χ3n) is 4.30. The van der Waals surface area contributed by atoms with E-state index in [4.69, 9.17) is 0 Å². The van der Waals surface area contributed by atoms with Crippen molar-refractivity contribution < 1.29 is 13.2 Å². The van der Waals surface area contributed by atoms with Gasteiger partial charge in [0.2, 0.25) is 15.9 Å². The molecule has 0 saturated carbocycles. The third-order valence-corrected chi connectivity index (χ3v) is 4.89. The molecule has 6 nitrogen and oxygen atoms in total. The quantitative estimate of drug-likeness (QED) is 0.897. The number of aryl methyl sites for hydroxylation is 1. The maximum Gasteiger partial charge on any atom is 0.240 e. The summed E-state index contributed by atoms with van der Waals surface area (Å²) in [5.41, 5.74) is 4.08. The van der Waals surface area contributed by atoms with Gasteiger partial charge in [0.25, 0.3) is 0 Å². The highest BCUT2D eigenvalue weighted by molar-refractivity contribution is 7.92. The summed E-state index contributed by atoms with van der Waals surface area (Å²) in [7, 11) is -3.43. The maximum absolute atomic E-state index is 12.2. The van der Waals surface area contributed by atoms with Crippen molar-refractivity contribution in [2.45, 2.75) is 26.3 Å². The van der Waals surface area contributed by atoms with Crippen LogP contribution in [-0.4, -0.2) is 31.3 Å². The molecule has 0 saturated heterocycles. The molecule has 26 heavy (non-hydrogen) atoms. The first-order valence-corrected chi connectivity index (χ1v) is 10.2. The van der Waals surface area contributed by atoms with E-state index in [1.54, 1.807) is 12.1 Å². The number of carbonyl (C=O) groups excluding carboxylic acids is 1. The molecule has 7 heteroatoms. The van der Waals surface area contributed by atoms with Crippen LogP contribution in [0.3, 0.4) is 0 Å². The van der Waals surface area contributed by atoms with Crippen LogP contribution in [0.25, 0.3) is 0 Å².